The van der Waals surface area contributed by atoms with Gasteiger partial charge in [0.1, 0.15) is 130 Å². The highest BCUT2D eigenvalue weighted by molar-refractivity contribution is 7.47. The molecule has 4 saturated heterocycles. The lowest BCUT2D eigenvalue weighted by atomic mass is 9.92. The highest BCUT2D eigenvalue weighted by Crippen LogP contribution is 2.46. The molecule has 0 aromatic rings. The average molecular weight is 1240 g/mol. The van der Waals surface area contributed by atoms with E-state index in [0.717, 1.165) is 20.8 Å². The molecule has 4 heterocycles. The maximum absolute atomic E-state index is 13.5. The van der Waals surface area contributed by atoms with Gasteiger partial charge in [-0.25, -0.2) is 9.13 Å². The second-order valence-electron chi connectivity index (χ2n) is 22.4. The first-order chi connectivity index (χ1) is 37.9. The molecule has 3 amide bonds. The zero-order valence-corrected chi connectivity index (χ0v) is 49.1. The summed E-state index contributed by atoms with van der Waals surface area (Å²) in [7, 11) is 0.643. The number of amides is 3. The Kier molecular flexibility index (Phi) is 27.4. The minimum atomic E-state index is -5.06. The smallest absolute Gasteiger partial charge is 0.394 e. The minimum absolute atomic E-state index is 0.200. The molecule has 0 aromatic carbocycles. The molecule has 480 valence electrons. The van der Waals surface area contributed by atoms with Crippen LogP contribution in [0.2, 0.25) is 0 Å². The van der Waals surface area contributed by atoms with E-state index in [1.165, 1.54) is 6.92 Å². The molecule has 35 nitrogen and oxygen atoms in total. The third kappa shape index (κ3) is 21.3. The second kappa shape index (κ2) is 31.1. The summed E-state index contributed by atoms with van der Waals surface area (Å²) in [5.74, 6) is -2.49. The number of nitrogens with two attached hydrogens (primary N) is 1. The van der Waals surface area contributed by atoms with E-state index in [4.69, 9.17) is 61.7 Å². The lowest BCUT2D eigenvalue weighted by Gasteiger charge is -2.51. The van der Waals surface area contributed by atoms with E-state index in [1.54, 1.807) is 42.3 Å². The molecule has 0 spiro atoms. The fraction of sp³-hybridized carbons (Fsp3) is 0.933. The van der Waals surface area contributed by atoms with Gasteiger partial charge < -0.3 is 129 Å². The van der Waals surface area contributed by atoms with Gasteiger partial charge in [-0.2, -0.15) is 0 Å². The molecular formula is C45H88N6O29P2+2. The molecule has 37 heteroatoms. The number of hydrogen-bond acceptors (Lipinski definition) is 28. The van der Waals surface area contributed by atoms with Gasteiger partial charge >= 0.3 is 15.6 Å². The van der Waals surface area contributed by atoms with E-state index in [2.05, 4.69) is 16.0 Å². The number of phosphoric ester groups is 2. The van der Waals surface area contributed by atoms with Crippen molar-refractivity contribution in [2.45, 2.75) is 169 Å². The van der Waals surface area contributed by atoms with Crippen LogP contribution in [0.1, 0.15) is 27.7 Å². The van der Waals surface area contributed by atoms with Crippen molar-refractivity contribution in [2.75, 3.05) is 102 Å². The van der Waals surface area contributed by atoms with Crippen LogP contribution in [0, 0.1) is 0 Å². The Labute approximate surface area is 473 Å². The van der Waals surface area contributed by atoms with Gasteiger partial charge in [0.25, 0.3) is 0 Å². The number of ether oxygens (including phenoxy) is 8. The van der Waals surface area contributed by atoms with Crippen LogP contribution in [0.5, 0.6) is 0 Å². The standard InChI is InChI=1S/C45H86N6O29P2/c1-20-29(46)40(79-45-38(64)37(63)34(60)26(16-53)75-45)31(48-22(3)55)44(74-20)78-39-28(19-73-82(67,68)71-14-12-51(8,9)10)77-43(30(36(39)62)47-21(2)54)80-41-32(49-23(4)56)42(69-17-25(58)33(59)24(57)15-52)76-27(35(41)61)18-72-81(65,66)70-13-11-50(5,6)7/h20,24-45,52-53,57-64H,11-19,46H2,1-10H3,(H3-2,47,48,49,54,55,56,65,66,67,68)/p+2/t20-,24-,25+,26-,27-,28-,29+,30-,31-,32-,33-,34-,35+,36-,37+,38-,39+,40+,41-,42-,43-,44-,45+/m1/s1. The maximum atomic E-state index is 13.5. The summed E-state index contributed by atoms with van der Waals surface area (Å²) < 4.78 is 96.7. The molecule has 4 aliphatic rings. The normalized spacial score (nSPS) is 37.4. The van der Waals surface area contributed by atoms with Gasteiger partial charge in [-0.15, -0.1) is 0 Å². The predicted molar refractivity (Wildman–Crippen MR) is 273 cm³/mol. The monoisotopic (exact) mass is 1240 g/mol. The predicted octanol–water partition coefficient (Wildman–Crippen LogP) is -8.53. The summed E-state index contributed by atoms with van der Waals surface area (Å²) >= 11 is 0. The highest BCUT2D eigenvalue weighted by Gasteiger charge is 2.57. The van der Waals surface area contributed by atoms with Crippen molar-refractivity contribution in [2.24, 2.45) is 5.73 Å². The fourth-order valence-corrected chi connectivity index (χ4v) is 10.2. The largest absolute Gasteiger partial charge is 0.472 e. The van der Waals surface area contributed by atoms with E-state index in [1.807, 2.05) is 0 Å². The summed E-state index contributed by atoms with van der Waals surface area (Å²) in [6, 6.07) is -6.43. The molecule has 0 aromatic heterocycles. The molecule has 82 heavy (non-hydrogen) atoms. The molecule has 4 fully saturated rings. The number of nitrogens with zero attached hydrogens (tertiary/aromatic N) is 2. The summed E-state index contributed by atoms with van der Waals surface area (Å²) in [6.45, 7) is -0.476. The zero-order chi connectivity index (χ0) is 62.0. The van der Waals surface area contributed by atoms with Crippen molar-refractivity contribution in [1.29, 1.82) is 0 Å². The minimum Gasteiger partial charge on any atom is -0.394 e. The molecular weight excluding hydrogens is 1150 g/mol. The van der Waals surface area contributed by atoms with Gasteiger partial charge in [-0.1, -0.05) is 0 Å². The lowest BCUT2D eigenvalue weighted by Crippen LogP contribution is -2.72. The van der Waals surface area contributed by atoms with Gasteiger partial charge in [0.15, 0.2) is 25.2 Å². The number of nitrogens with one attached hydrogen (secondary N) is 3. The van der Waals surface area contributed by atoms with Crippen molar-refractivity contribution in [3.05, 3.63) is 0 Å². The van der Waals surface area contributed by atoms with Crippen LogP contribution in [0.25, 0.3) is 0 Å². The van der Waals surface area contributed by atoms with E-state index in [0.29, 0.717) is 4.48 Å². The molecule has 0 aliphatic carbocycles. The molecule has 4 rings (SSSR count). The topological polar surface area (TPSA) is 501 Å². The Morgan fingerprint density at radius 2 is 1.01 bits per heavy atom. The van der Waals surface area contributed by atoms with Gasteiger partial charge in [-0.05, 0) is 6.92 Å². The number of quaternary nitrogens is 2. The van der Waals surface area contributed by atoms with Crippen molar-refractivity contribution < 1.29 is 149 Å². The van der Waals surface area contributed by atoms with Crippen LogP contribution >= 0.6 is 15.6 Å². The third-order valence-corrected chi connectivity index (χ3v) is 15.3. The highest BCUT2D eigenvalue weighted by atomic mass is 31.2. The summed E-state index contributed by atoms with van der Waals surface area (Å²) in [6.07, 6.45) is -35.1. The number of aliphatic hydroxyl groups is 10. The SMILES string of the molecule is CC(=O)N[C@H]1[C@@H](O[C@H]2[C@@H](O)[C@@H](COP(=O)(O)OCC[N+](C)(C)C)O[C@@H](OC[C@H](O)[C@H](O)[C@H](O)CO)[C@@H]2NC(C)=O)O[C@H](COP(=O)(O)OCC[N+](C)(C)C)[C@H](O[C@H]2O[C@H](C)[C@H](N)[C@H](O[C@@H]3O[C@H](CO)[C@@H](O)[C@H](O)[C@H]3O)[C@H]2NC(C)=O)[C@@H]1O. The molecule has 2 unspecified atom stereocenters. The van der Waals surface area contributed by atoms with Crippen LogP contribution in [-0.4, -0.2) is 330 Å². The first-order valence-electron chi connectivity index (χ1n) is 26.2. The quantitative estimate of drug-likeness (QED) is 0.0235. The number of carbonyl (C=O) groups is 3. The Hall–Kier alpha value is -2.21. The second-order valence-corrected chi connectivity index (χ2v) is 25.3. The number of carbonyl (C=O) groups excluding carboxylic acids is 3. The van der Waals surface area contributed by atoms with E-state index >= 15 is 0 Å². The van der Waals surface area contributed by atoms with Crippen molar-refractivity contribution in [3.63, 3.8) is 0 Å². The van der Waals surface area contributed by atoms with Gasteiger partial charge in [-0.3, -0.25) is 32.5 Å². The van der Waals surface area contributed by atoms with Gasteiger partial charge in [0.2, 0.25) is 17.7 Å². The summed E-state index contributed by atoms with van der Waals surface area (Å²) in [5, 5.41) is 114. The van der Waals surface area contributed by atoms with Crippen molar-refractivity contribution in [3.8, 4) is 0 Å². The van der Waals surface area contributed by atoms with Crippen molar-refractivity contribution in [1.82, 2.24) is 16.0 Å². The number of rotatable bonds is 30. The average Bonchev–Trinajstić information content (AvgIpc) is 3.37. The Balaban J connectivity index is 1.82. The van der Waals surface area contributed by atoms with E-state index in [-0.39, 0.29) is 30.8 Å². The van der Waals surface area contributed by atoms with Crippen LogP contribution in [0.15, 0.2) is 0 Å². The molecule has 4 aliphatic heterocycles. The fourth-order valence-electron chi connectivity index (χ4n) is 8.77. The molecule has 17 N–H and O–H groups in total. The number of aliphatic hydroxyl groups excluding tert-OH is 10. The van der Waals surface area contributed by atoms with Crippen LogP contribution in [0.4, 0.5) is 0 Å². The summed E-state index contributed by atoms with van der Waals surface area (Å²) in [4.78, 5) is 60.5. The molecule has 0 radical (unpaired) electrons. The van der Waals surface area contributed by atoms with Crippen LogP contribution in [0.3, 0.4) is 0 Å². The summed E-state index contributed by atoms with van der Waals surface area (Å²) in [5.41, 5.74) is 6.55. The van der Waals surface area contributed by atoms with Crippen molar-refractivity contribution >= 4 is 33.4 Å². The van der Waals surface area contributed by atoms with E-state index in [9.17, 15) is 84.4 Å². The first kappa shape index (κ1) is 72.3. The number of likely N-dealkylation sites (N-methyl/N-ethyl adjacent to an activating group) is 2. The first-order valence-corrected chi connectivity index (χ1v) is 29.2. The van der Waals surface area contributed by atoms with Gasteiger partial charge in [0.05, 0.1) is 87.5 Å². The molecule has 25 atom stereocenters. The third-order valence-electron chi connectivity index (χ3n) is 13.3. The van der Waals surface area contributed by atoms with Gasteiger partial charge in [0, 0.05) is 20.8 Å². The Bertz CT molecular complexity index is 2120. The maximum Gasteiger partial charge on any atom is 0.472 e. The Morgan fingerprint density at radius 3 is 1.51 bits per heavy atom. The number of hydrogen-bond donors (Lipinski definition) is 16. The molecule has 0 bridgehead atoms. The van der Waals surface area contributed by atoms with E-state index < -0.39 is 207 Å². The Morgan fingerprint density at radius 1 is 0.561 bits per heavy atom. The zero-order valence-electron chi connectivity index (χ0n) is 47.3. The van der Waals surface area contributed by atoms with Crippen LogP contribution in [-0.2, 0) is 79.5 Å². The number of phosphoric acid groups is 2. The molecule has 0 saturated carbocycles. The van der Waals surface area contributed by atoms with Crippen LogP contribution < -0.4 is 21.7 Å². The lowest BCUT2D eigenvalue weighted by molar-refractivity contribution is -0.870.